The van der Waals surface area contributed by atoms with Gasteiger partial charge < -0.3 is 9.64 Å². The summed E-state index contributed by atoms with van der Waals surface area (Å²) in [7, 11) is 1.63. The van der Waals surface area contributed by atoms with Crippen molar-refractivity contribution in [2.24, 2.45) is 5.92 Å². The van der Waals surface area contributed by atoms with Gasteiger partial charge in [-0.2, -0.15) is 0 Å². The van der Waals surface area contributed by atoms with Gasteiger partial charge in [0.2, 0.25) is 0 Å². The molecule has 4 heteroatoms. The fraction of sp³-hybridized carbons (Fsp3) is 0.538. The van der Waals surface area contributed by atoms with Crippen LogP contribution < -0.4 is 9.64 Å². The van der Waals surface area contributed by atoms with Crippen LogP contribution in [-0.2, 0) is 0 Å². The van der Waals surface area contributed by atoms with Gasteiger partial charge in [-0.3, -0.25) is 0 Å². The van der Waals surface area contributed by atoms with Gasteiger partial charge in [-0.1, -0.05) is 12.2 Å². The molecule has 1 saturated heterocycles. The second kappa shape index (κ2) is 5.17. The number of rotatable bonds is 3. The molecule has 2 heterocycles. The van der Waals surface area contributed by atoms with Crippen LogP contribution in [0.4, 0.5) is 5.82 Å². The predicted molar refractivity (Wildman–Crippen MR) is 68.3 cm³/mol. The van der Waals surface area contributed by atoms with Crippen molar-refractivity contribution in [3.05, 3.63) is 24.5 Å². The van der Waals surface area contributed by atoms with Crippen LogP contribution in [0.1, 0.15) is 19.8 Å². The van der Waals surface area contributed by atoms with Crippen molar-refractivity contribution in [2.45, 2.75) is 19.8 Å². The number of piperidine rings is 1. The molecular formula is C13H19N3O. The van der Waals surface area contributed by atoms with Crippen molar-refractivity contribution in [3.8, 4) is 5.88 Å². The van der Waals surface area contributed by atoms with Crippen LogP contribution in [0.5, 0.6) is 5.88 Å². The van der Waals surface area contributed by atoms with E-state index >= 15 is 0 Å². The summed E-state index contributed by atoms with van der Waals surface area (Å²) in [5.41, 5.74) is 1.29. The van der Waals surface area contributed by atoms with Crippen LogP contribution in [0.15, 0.2) is 24.5 Å². The van der Waals surface area contributed by atoms with Gasteiger partial charge in [-0.25, -0.2) is 9.97 Å². The van der Waals surface area contributed by atoms with Crippen LogP contribution in [0.3, 0.4) is 0 Å². The largest absolute Gasteiger partial charge is 0.478 e. The fourth-order valence-corrected chi connectivity index (χ4v) is 2.26. The van der Waals surface area contributed by atoms with Gasteiger partial charge in [0.1, 0.15) is 0 Å². The van der Waals surface area contributed by atoms with Crippen LogP contribution in [-0.4, -0.2) is 30.2 Å². The van der Waals surface area contributed by atoms with Gasteiger partial charge >= 0.3 is 0 Å². The summed E-state index contributed by atoms with van der Waals surface area (Å²) < 4.78 is 5.24. The van der Waals surface area contributed by atoms with Crippen molar-refractivity contribution < 1.29 is 4.74 Å². The second-order valence-electron chi connectivity index (χ2n) is 4.50. The summed E-state index contributed by atoms with van der Waals surface area (Å²) in [6.45, 7) is 8.14. The van der Waals surface area contributed by atoms with Crippen molar-refractivity contribution in [2.75, 3.05) is 25.1 Å². The first kappa shape index (κ1) is 11.9. The monoisotopic (exact) mass is 233 g/mol. The minimum absolute atomic E-state index is 0.612. The Morgan fingerprint density at radius 2 is 2.00 bits per heavy atom. The van der Waals surface area contributed by atoms with E-state index < -0.39 is 0 Å². The lowest BCUT2D eigenvalue weighted by atomic mass is 9.91. The van der Waals surface area contributed by atoms with E-state index in [0.717, 1.165) is 31.7 Å². The number of anilines is 1. The molecule has 0 aliphatic carbocycles. The molecule has 0 aromatic carbocycles. The molecule has 92 valence electrons. The molecule has 1 aromatic rings. The van der Waals surface area contributed by atoms with E-state index in [9.17, 15) is 0 Å². The van der Waals surface area contributed by atoms with E-state index in [1.807, 2.05) is 0 Å². The minimum atomic E-state index is 0.612. The first-order chi connectivity index (χ1) is 8.22. The Morgan fingerprint density at radius 3 is 2.59 bits per heavy atom. The highest BCUT2D eigenvalue weighted by Crippen LogP contribution is 2.29. The molecule has 1 aliphatic rings. The fourth-order valence-electron chi connectivity index (χ4n) is 2.26. The van der Waals surface area contributed by atoms with Crippen molar-refractivity contribution in [1.82, 2.24) is 9.97 Å². The summed E-state index contributed by atoms with van der Waals surface area (Å²) in [5, 5.41) is 0. The lowest BCUT2D eigenvalue weighted by Gasteiger charge is -2.33. The predicted octanol–water partition coefficient (Wildman–Crippen LogP) is 2.28. The zero-order chi connectivity index (χ0) is 12.3. The number of aromatic nitrogens is 2. The number of hydrogen-bond donors (Lipinski definition) is 0. The molecule has 0 radical (unpaired) electrons. The van der Waals surface area contributed by atoms with Crippen molar-refractivity contribution >= 4 is 5.82 Å². The number of allylic oxidation sites excluding steroid dienone is 1. The molecule has 1 aliphatic heterocycles. The third-order valence-electron chi connectivity index (χ3n) is 3.33. The van der Waals surface area contributed by atoms with Crippen LogP contribution in [0, 0.1) is 5.92 Å². The summed E-state index contributed by atoms with van der Waals surface area (Å²) in [4.78, 5) is 10.8. The van der Waals surface area contributed by atoms with E-state index in [-0.39, 0.29) is 0 Å². The van der Waals surface area contributed by atoms with Crippen LogP contribution in [0.25, 0.3) is 0 Å². The molecule has 0 unspecified atom stereocenters. The van der Waals surface area contributed by atoms with Gasteiger partial charge in [-0.05, 0) is 25.7 Å². The molecule has 4 nitrogen and oxygen atoms in total. The number of hydrogen-bond acceptors (Lipinski definition) is 4. The molecule has 0 amide bonds. The number of methoxy groups -OCH3 is 1. The lowest BCUT2D eigenvalue weighted by molar-refractivity contribution is 0.389. The molecule has 0 N–H and O–H groups in total. The third kappa shape index (κ3) is 2.57. The molecule has 1 fully saturated rings. The number of ether oxygens (including phenoxy) is 1. The Labute approximate surface area is 102 Å². The maximum Gasteiger partial charge on any atom is 0.257 e. The molecule has 2 rings (SSSR count). The highest BCUT2D eigenvalue weighted by molar-refractivity contribution is 5.48. The van der Waals surface area contributed by atoms with Gasteiger partial charge in [0.15, 0.2) is 5.82 Å². The maximum absolute atomic E-state index is 5.24. The highest BCUT2D eigenvalue weighted by Gasteiger charge is 2.22. The Hall–Kier alpha value is -1.58. The summed E-state index contributed by atoms with van der Waals surface area (Å²) in [6.07, 6.45) is 5.63. The standard InChI is InChI=1S/C13H19N3O/c1-10(2)11-4-8-16(9-5-11)12-13(17-3)15-7-6-14-12/h6-7,11H,1,4-5,8-9H2,2-3H3. The molecule has 0 bridgehead atoms. The molecule has 0 saturated carbocycles. The van der Waals surface area contributed by atoms with E-state index in [2.05, 4.69) is 28.4 Å². The van der Waals surface area contributed by atoms with Gasteiger partial charge in [0, 0.05) is 25.5 Å². The van der Waals surface area contributed by atoms with Gasteiger partial charge in [0.05, 0.1) is 7.11 Å². The smallest absolute Gasteiger partial charge is 0.257 e. The zero-order valence-corrected chi connectivity index (χ0v) is 10.5. The average Bonchev–Trinajstić information content (AvgIpc) is 2.39. The van der Waals surface area contributed by atoms with Crippen molar-refractivity contribution in [3.63, 3.8) is 0 Å². The van der Waals surface area contributed by atoms with Gasteiger partial charge in [0.25, 0.3) is 5.88 Å². The van der Waals surface area contributed by atoms with E-state index in [0.29, 0.717) is 11.8 Å². The molecule has 1 aromatic heterocycles. The van der Waals surface area contributed by atoms with Gasteiger partial charge in [-0.15, -0.1) is 0 Å². The van der Waals surface area contributed by atoms with Crippen molar-refractivity contribution in [1.29, 1.82) is 0 Å². The molecule has 0 atom stereocenters. The summed E-state index contributed by atoms with van der Waals surface area (Å²) in [6, 6.07) is 0. The third-order valence-corrected chi connectivity index (χ3v) is 3.33. The molecule has 0 spiro atoms. The normalized spacial score (nSPS) is 16.9. The SMILES string of the molecule is C=C(C)C1CCN(c2nccnc2OC)CC1. The molecular weight excluding hydrogens is 214 g/mol. The highest BCUT2D eigenvalue weighted by atomic mass is 16.5. The van der Waals surface area contributed by atoms with E-state index in [1.54, 1.807) is 19.5 Å². The number of nitrogens with zero attached hydrogens (tertiary/aromatic N) is 3. The second-order valence-corrected chi connectivity index (χ2v) is 4.50. The quantitative estimate of drug-likeness (QED) is 0.751. The molecule has 17 heavy (non-hydrogen) atoms. The minimum Gasteiger partial charge on any atom is -0.478 e. The Bertz CT molecular complexity index is 397. The Kier molecular flexibility index (Phi) is 3.61. The summed E-state index contributed by atoms with van der Waals surface area (Å²) >= 11 is 0. The lowest BCUT2D eigenvalue weighted by Crippen LogP contribution is -2.34. The van der Waals surface area contributed by atoms with E-state index in [4.69, 9.17) is 4.74 Å². The topological polar surface area (TPSA) is 38.2 Å². The first-order valence-electron chi connectivity index (χ1n) is 5.97. The first-order valence-corrected chi connectivity index (χ1v) is 5.97. The average molecular weight is 233 g/mol. The van der Waals surface area contributed by atoms with Crippen LogP contribution >= 0.6 is 0 Å². The summed E-state index contributed by atoms with van der Waals surface area (Å²) in [5.74, 6) is 2.12. The van der Waals surface area contributed by atoms with Crippen LogP contribution in [0.2, 0.25) is 0 Å². The van der Waals surface area contributed by atoms with E-state index in [1.165, 1.54) is 5.57 Å². The maximum atomic E-state index is 5.24. The zero-order valence-electron chi connectivity index (χ0n) is 10.5. The Balaban J connectivity index is 2.07. The Morgan fingerprint density at radius 1 is 1.35 bits per heavy atom.